The van der Waals surface area contributed by atoms with E-state index in [0.717, 1.165) is 6.42 Å². The van der Waals surface area contributed by atoms with Gasteiger partial charge < -0.3 is 19.3 Å². The number of aliphatic carboxylic acids is 1. The SMILES string of the molecule is CCCC1=C(C(=O)OCC)[C@H](c2cccc(OC)c2)n2c(s/c(=C/c3ccc(OCC(=O)O)c(Br)c3)c2=O)=N1. The van der Waals surface area contributed by atoms with Gasteiger partial charge in [0.15, 0.2) is 11.4 Å². The maximum atomic E-state index is 13.9. The second-order valence-electron chi connectivity index (χ2n) is 8.56. The summed E-state index contributed by atoms with van der Waals surface area (Å²) in [5.74, 6) is -0.616. The van der Waals surface area contributed by atoms with Gasteiger partial charge in [-0.2, -0.15) is 0 Å². The summed E-state index contributed by atoms with van der Waals surface area (Å²) in [5, 5.41) is 8.86. The molecular weight excluding hydrogens is 588 g/mol. The Bertz CT molecular complexity index is 1620. The van der Waals surface area contributed by atoms with Crippen molar-refractivity contribution in [1.82, 2.24) is 4.57 Å². The highest BCUT2D eigenvalue weighted by Crippen LogP contribution is 2.34. The van der Waals surface area contributed by atoms with Gasteiger partial charge in [0, 0.05) is 0 Å². The molecule has 0 amide bonds. The minimum absolute atomic E-state index is 0.193. The first-order valence-electron chi connectivity index (χ1n) is 12.3. The number of carboxylic acid groups (broad SMARTS) is 1. The first kappa shape index (κ1) is 28.3. The first-order chi connectivity index (χ1) is 18.8. The lowest BCUT2D eigenvalue weighted by Crippen LogP contribution is -2.40. The number of esters is 1. The Kier molecular flexibility index (Phi) is 9.03. The summed E-state index contributed by atoms with van der Waals surface area (Å²) in [6.07, 6.45) is 3.03. The largest absolute Gasteiger partial charge is 0.497 e. The van der Waals surface area contributed by atoms with Gasteiger partial charge in [0.05, 0.1) is 40.0 Å². The van der Waals surface area contributed by atoms with E-state index in [1.165, 1.54) is 15.9 Å². The smallest absolute Gasteiger partial charge is 0.341 e. The van der Waals surface area contributed by atoms with Crippen molar-refractivity contribution in [3.63, 3.8) is 0 Å². The van der Waals surface area contributed by atoms with Crippen LogP contribution < -0.4 is 24.4 Å². The molecular formula is C28H27BrN2O7S. The van der Waals surface area contributed by atoms with Gasteiger partial charge in [-0.05, 0) is 70.7 Å². The fourth-order valence-corrected chi connectivity index (χ4v) is 5.79. The predicted molar refractivity (Wildman–Crippen MR) is 150 cm³/mol. The molecule has 39 heavy (non-hydrogen) atoms. The molecule has 0 unspecified atom stereocenters. The van der Waals surface area contributed by atoms with Gasteiger partial charge in [-0.3, -0.25) is 9.36 Å². The zero-order valence-corrected chi connectivity index (χ0v) is 24.0. The van der Waals surface area contributed by atoms with Crippen LogP contribution in [0.15, 0.2) is 68.0 Å². The van der Waals surface area contributed by atoms with E-state index < -0.39 is 24.6 Å². The van der Waals surface area contributed by atoms with Crippen LogP contribution in [0.3, 0.4) is 0 Å². The van der Waals surface area contributed by atoms with E-state index in [9.17, 15) is 14.4 Å². The maximum absolute atomic E-state index is 13.9. The number of ether oxygens (including phenoxy) is 3. The molecule has 0 bridgehead atoms. The average molecular weight is 616 g/mol. The predicted octanol–water partition coefficient (Wildman–Crippen LogP) is 3.81. The second-order valence-corrected chi connectivity index (χ2v) is 10.4. The summed E-state index contributed by atoms with van der Waals surface area (Å²) in [6, 6.07) is 11.6. The van der Waals surface area contributed by atoms with Gasteiger partial charge >= 0.3 is 11.9 Å². The summed E-state index contributed by atoms with van der Waals surface area (Å²) in [4.78, 5) is 43.2. The molecule has 1 aliphatic rings. The Morgan fingerprint density at radius 2 is 2.00 bits per heavy atom. The molecule has 9 nitrogen and oxygen atoms in total. The molecule has 204 valence electrons. The van der Waals surface area contributed by atoms with Crippen LogP contribution in [0.1, 0.15) is 43.9 Å². The van der Waals surface area contributed by atoms with E-state index in [2.05, 4.69) is 15.9 Å². The van der Waals surface area contributed by atoms with Crippen LogP contribution in [-0.4, -0.2) is 41.9 Å². The molecule has 1 N–H and O–H groups in total. The molecule has 11 heteroatoms. The number of benzene rings is 2. The number of rotatable bonds is 10. The van der Waals surface area contributed by atoms with Gasteiger partial charge in [-0.25, -0.2) is 14.6 Å². The number of halogens is 1. The van der Waals surface area contributed by atoms with Crippen LogP contribution in [0.2, 0.25) is 0 Å². The number of aromatic nitrogens is 1. The molecule has 0 aliphatic carbocycles. The minimum Gasteiger partial charge on any atom is -0.497 e. The third-order valence-electron chi connectivity index (χ3n) is 5.91. The van der Waals surface area contributed by atoms with Gasteiger partial charge in [0.2, 0.25) is 0 Å². The molecule has 1 aliphatic heterocycles. The Morgan fingerprint density at radius 3 is 2.67 bits per heavy atom. The number of nitrogens with zero attached hydrogens (tertiary/aromatic N) is 2. The van der Waals surface area contributed by atoms with Crippen LogP contribution in [0.5, 0.6) is 11.5 Å². The van der Waals surface area contributed by atoms with Gasteiger partial charge in [0.1, 0.15) is 11.5 Å². The lowest BCUT2D eigenvalue weighted by Gasteiger charge is -2.26. The molecule has 1 aromatic heterocycles. The number of carbonyl (C=O) groups is 2. The average Bonchev–Trinajstić information content (AvgIpc) is 3.21. The number of allylic oxidation sites excluding steroid dienone is 1. The Labute approximate surface area is 236 Å². The molecule has 0 saturated carbocycles. The van der Waals surface area contributed by atoms with Gasteiger partial charge in [0.25, 0.3) is 5.56 Å². The number of hydrogen-bond acceptors (Lipinski definition) is 8. The van der Waals surface area contributed by atoms with Crippen molar-refractivity contribution in [3.05, 3.63) is 89.0 Å². The molecule has 3 aromatic rings. The van der Waals surface area contributed by atoms with Crippen LogP contribution in [0.25, 0.3) is 6.08 Å². The number of methoxy groups -OCH3 is 1. The standard InChI is InChI=1S/C28H27BrN2O7S/c1-4-7-20-24(27(35)37-5-2)25(17-8-6-9-18(14-17)36-3)31-26(34)22(39-28(31)30-20)13-16-10-11-21(19(29)12-16)38-15-23(32)33/h6,8-14,25H,4-5,7,15H2,1-3H3,(H,32,33)/b22-13+/t25-/m0/s1. The van der Waals surface area contributed by atoms with Crippen LogP contribution >= 0.6 is 27.3 Å². The highest BCUT2D eigenvalue weighted by atomic mass is 79.9. The van der Waals surface area contributed by atoms with Crippen LogP contribution in [0, 0.1) is 0 Å². The molecule has 0 saturated heterocycles. The molecule has 0 fully saturated rings. The zero-order chi connectivity index (χ0) is 28.1. The van der Waals surface area contributed by atoms with Crippen LogP contribution in [0.4, 0.5) is 0 Å². The number of fused-ring (bicyclic) bond motifs is 1. The van der Waals surface area contributed by atoms with E-state index in [1.807, 2.05) is 25.1 Å². The van der Waals surface area contributed by atoms with Crippen molar-refractivity contribution in [2.24, 2.45) is 4.99 Å². The molecule has 2 heterocycles. The number of thiazole rings is 1. The molecule has 1 atom stereocenters. The third-order valence-corrected chi connectivity index (χ3v) is 7.51. The van der Waals surface area contributed by atoms with Crippen molar-refractivity contribution in [3.8, 4) is 11.5 Å². The summed E-state index contributed by atoms with van der Waals surface area (Å²) in [7, 11) is 1.56. The summed E-state index contributed by atoms with van der Waals surface area (Å²) < 4.78 is 18.6. The number of carbonyl (C=O) groups excluding carboxylic acids is 1. The Balaban J connectivity index is 1.90. The molecule has 2 aromatic carbocycles. The van der Waals surface area contributed by atoms with E-state index in [0.29, 0.717) is 54.1 Å². The van der Waals surface area contributed by atoms with Crippen molar-refractivity contribution >= 4 is 45.3 Å². The minimum atomic E-state index is -1.08. The zero-order valence-electron chi connectivity index (χ0n) is 21.6. The van der Waals surface area contributed by atoms with Gasteiger partial charge in [-0.15, -0.1) is 0 Å². The lowest BCUT2D eigenvalue weighted by atomic mass is 9.94. The highest BCUT2D eigenvalue weighted by Gasteiger charge is 2.34. The molecule has 4 rings (SSSR count). The normalized spacial score (nSPS) is 15.0. The van der Waals surface area contributed by atoms with Crippen molar-refractivity contribution < 1.29 is 28.9 Å². The quantitative estimate of drug-likeness (QED) is 0.345. The summed E-state index contributed by atoms with van der Waals surface area (Å²) in [6.45, 7) is 3.47. The Morgan fingerprint density at radius 1 is 1.21 bits per heavy atom. The fourth-order valence-electron chi connectivity index (χ4n) is 4.26. The Hall–Kier alpha value is -3.70. The van der Waals surface area contributed by atoms with Crippen molar-refractivity contribution in [2.75, 3.05) is 20.3 Å². The number of hydrogen-bond donors (Lipinski definition) is 1. The maximum Gasteiger partial charge on any atom is 0.341 e. The summed E-state index contributed by atoms with van der Waals surface area (Å²) in [5.41, 5.74) is 2.04. The van der Waals surface area contributed by atoms with E-state index in [-0.39, 0.29) is 12.2 Å². The van der Waals surface area contributed by atoms with E-state index in [1.54, 1.807) is 44.4 Å². The van der Waals surface area contributed by atoms with Gasteiger partial charge in [-0.1, -0.05) is 42.9 Å². The highest BCUT2D eigenvalue weighted by molar-refractivity contribution is 9.10. The lowest BCUT2D eigenvalue weighted by molar-refractivity contribution is -0.140. The fraction of sp³-hybridized carbons (Fsp3) is 0.286. The van der Waals surface area contributed by atoms with E-state index >= 15 is 0 Å². The number of carboxylic acids is 1. The van der Waals surface area contributed by atoms with Crippen molar-refractivity contribution in [1.29, 1.82) is 0 Å². The van der Waals surface area contributed by atoms with E-state index in [4.69, 9.17) is 24.3 Å². The van der Waals surface area contributed by atoms with Crippen molar-refractivity contribution in [2.45, 2.75) is 32.7 Å². The monoisotopic (exact) mass is 614 g/mol. The molecule has 0 spiro atoms. The third kappa shape index (κ3) is 6.15. The second kappa shape index (κ2) is 12.4. The van der Waals surface area contributed by atoms with Crippen LogP contribution in [-0.2, 0) is 14.3 Å². The summed E-state index contributed by atoms with van der Waals surface area (Å²) >= 11 is 4.63. The first-order valence-corrected chi connectivity index (χ1v) is 13.9. The molecule has 0 radical (unpaired) electrons. The topological polar surface area (TPSA) is 116 Å².